The van der Waals surface area contributed by atoms with Crippen molar-refractivity contribution in [2.45, 2.75) is 0 Å². The minimum atomic E-state index is -1.13. The van der Waals surface area contributed by atoms with Crippen molar-refractivity contribution < 1.29 is 147 Å². The number of hydrogen-bond donors (Lipinski definition) is 0. The van der Waals surface area contributed by atoms with Crippen molar-refractivity contribution in [3.8, 4) is 0 Å². The number of carbonyl (C=O) groups is 6. The summed E-state index contributed by atoms with van der Waals surface area (Å²) >= 11 is 0. The van der Waals surface area contributed by atoms with Gasteiger partial charge in [0.25, 0.3) is 0 Å². The molecular formula is C42H30NdO12Yb. The Morgan fingerprint density at radius 3 is 0.375 bits per heavy atom. The van der Waals surface area contributed by atoms with Gasteiger partial charge in [0.05, 0.1) is 35.8 Å². The largest absolute Gasteiger partial charge is 3.00 e. The van der Waals surface area contributed by atoms with Crippen LogP contribution in [0.15, 0.2) is 182 Å². The van der Waals surface area contributed by atoms with Crippen LogP contribution in [-0.2, 0) is 0 Å². The molecule has 56 heavy (non-hydrogen) atoms. The Kier molecular flexibility index (Phi) is 30.6. The average Bonchev–Trinajstić information content (AvgIpc) is 3.21. The molecule has 0 amide bonds. The third-order valence-electron chi connectivity index (χ3n) is 6.06. The molecule has 6 rings (SSSR count). The zero-order valence-corrected chi connectivity index (χ0v) is 33.9. The van der Waals surface area contributed by atoms with E-state index in [0.717, 1.165) is 0 Å². The second kappa shape index (κ2) is 32.3. The van der Waals surface area contributed by atoms with Gasteiger partial charge in [0, 0.05) is 0 Å². The topological polar surface area (TPSA) is 241 Å². The van der Waals surface area contributed by atoms with E-state index in [4.69, 9.17) is 0 Å². The van der Waals surface area contributed by atoms with E-state index in [-0.39, 0.29) is 121 Å². The molecule has 0 saturated carbocycles. The van der Waals surface area contributed by atoms with E-state index in [1.165, 1.54) is 72.8 Å². The van der Waals surface area contributed by atoms with E-state index in [9.17, 15) is 59.4 Å². The summed E-state index contributed by atoms with van der Waals surface area (Å²) in [6.45, 7) is 0. The number of benzene rings is 6. The van der Waals surface area contributed by atoms with E-state index in [0.29, 0.717) is 0 Å². The van der Waals surface area contributed by atoms with Gasteiger partial charge in [0.2, 0.25) is 0 Å². The predicted octanol–water partition coefficient (Wildman–Crippen LogP) is 0.301. The first kappa shape index (κ1) is 53.1. The summed E-state index contributed by atoms with van der Waals surface area (Å²) < 4.78 is 0. The number of carboxylic acids is 6. The van der Waals surface area contributed by atoms with Crippen LogP contribution in [0.5, 0.6) is 0 Å². The first-order chi connectivity index (χ1) is 25.8. The van der Waals surface area contributed by atoms with E-state index in [1.807, 2.05) is 0 Å². The summed E-state index contributed by atoms with van der Waals surface area (Å²) in [6.07, 6.45) is 0. The van der Waals surface area contributed by atoms with Crippen LogP contribution in [0, 0.1) is 87.8 Å². The maximum absolute atomic E-state index is 10.1. The van der Waals surface area contributed by atoms with Crippen molar-refractivity contribution in [3.63, 3.8) is 0 Å². The van der Waals surface area contributed by atoms with Gasteiger partial charge in [-0.1, -0.05) is 182 Å². The molecule has 0 saturated heterocycles. The van der Waals surface area contributed by atoms with Gasteiger partial charge in [-0.25, -0.2) is 0 Å². The van der Waals surface area contributed by atoms with Crippen LogP contribution in [-0.4, -0.2) is 35.8 Å². The van der Waals surface area contributed by atoms with Crippen molar-refractivity contribution in [1.82, 2.24) is 0 Å². The molecule has 2 radical (unpaired) electrons. The molecular weight excluding hydrogens is 1010 g/mol. The first-order valence-corrected chi connectivity index (χ1v) is 15.4. The van der Waals surface area contributed by atoms with E-state index in [1.54, 1.807) is 109 Å². The van der Waals surface area contributed by atoms with E-state index >= 15 is 0 Å². The molecule has 6 aromatic carbocycles. The van der Waals surface area contributed by atoms with Crippen LogP contribution >= 0.6 is 0 Å². The third kappa shape index (κ3) is 25.2. The molecule has 0 aliphatic carbocycles. The van der Waals surface area contributed by atoms with Crippen LogP contribution in [0.1, 0.15) is 62.1 Å². The van der Waals surface area contributed by atoms with Crippen molar-refractivity contribution in [1.29, 1.82) is 0 Å². The van der Waals surface area contributed by atoms with Crippen molar-refractivity contribution in [2.24, 2.45) is 0 Å². The summed E-state index contributed by atoms with van der Waals surface area (Å²) in [7, 11) is 0. The number of carbonyl (C=O) groups excluding carboxylic acids is 6. The van der Waals surface area contributed by atoms with Gasteiger partial charge in [0.1, 0.15) is 0 Å². The van der Waals surface area contributed by atoms with Crippen LogP contribution in [0.4, 0.5) is 0 Å². The fourth-order valence-corrected chi connectivity index (χ4v) is 3.45. The molecule has 288 valence electrons. The fraction of sp³-hybridized carbons (Fsp3) is 0. The molecule has 0 atom stereocenters. The third-order valence-corrected chi connectivity index (χ3v) is 6.06. The van der Waals surface area contributed by atoms with Crippen LogP contribution in [0.2, 0.25) is 0 Å². The number of hydrogen-bond acceptors (Lipinski definition) is 12. The Hall–Kier alpha value is -4.99. The molecule has 0 N–H and O–H groups in total. The van der Waals surface area contributed by atoms with Gasteiger partial charge < -0.3 is 59.4 Å². The first-order valence-electron chi connectivity index (χ1n) is 15.4. The van der Waals surface area contributed by atoms with Gasteiger partial charge in [0.15, 0.2) is 0 Å². The molecule has 12 nitrogen and oxygen atoms in total. The average molecular weight is 1040 g/mol. The predicted molar refractivity (Wildman–Crippen MR) is 185 cm³/mol. The maximum atomic E-state index is 10.1. The van der Waals surface area contributed by atoms with Crippen molar-refractivity contribution in [2.75, 3.05) is 0 Å². The molecule has 14 heteroatoms. The molecule has 0 heterocycles. The van der Waals surface area contributed by atoms with Crippen LogP contribution < -0.4 is 30.6 Å². The van der Waals surface area contributed by atoms with Crippen molar-refractivity contribution in [3.05, 3.63) is 215 Å². The second-order valence-electron chi connectivity index (χ2n) is 9.92. The minimum Gasteiger partial charge on any atom is -0.545 e. The van der Waals surface area contributed by atoms with Crippen LogP contribution in [0.3, 0.4) is 0 Å². The molecule has 0 bridgehead atoms. The number of rotatable bonds is 6. The Bertz CT molecular complexity index is 1620. The maximum Gasteiger partial charge on any atom is 3.00 e. The monoisotopic (exact) mass is 1040 g/mol. The Morgan fingerprint density at radius 2 is 0.321 bits per heavy atom. The minimum absolute atomic E-state index is 0. The van der Waals surface area contributed by atoms with Gasteiger partial charge in [-0.2, -0.15) is 0 Å². The Morgan fingerprint density at radius 1 is 0.232 bits per heavy atom. The zero-order chi connectivity index (χ0) is 40.1. The summed E-state index contributed by atoms with van der Waals surface area (Å²) in [5, 5.41) is 60.5. The van der Waals surface area contributed by atoms with E-state index in [2.05, 4.69) is 0 Å². The summed E-state index contributed by atoms with van der Waals surface area (Å²) in [6, 6.07) is 48.4. The Balaban J connectivity index is 0. The fourth-order valence-electron chi connectivity index (χ4n) is 3.45. The number of aromatic carboxylic acids is 6. The molecule has 0 aliphatic heterocycles. The standard InChI is InChI=1S/6C7H6O2.Nd.Yb/c6*8-7(9)6-4-2-1-3-5-6;;/h6*1-5H,(H,8,9);;/q;;;;;;2*+3/p-6. The Labute approximate surface area is 393 Å². The van der Waals surface area contributed by atoms with Gasteiger partial charge in [-0.05, 0) is 33.4 Å². The molecule has 0 unspecified atom stereocenters. The molecule has 0 aromatic heterocycles. The second-order valence-corrected chi connectivity index (χ2v) is 9.92. The molecule has 0 aliphatic rings. The van der Waals surface area contributed by atoms with Gasteiger partial charge >= 0.3 is 87.8 Å². The molecule has 0 spiro atoms. The smallest absolute Gasteiger partial charge is 0.545 e. The molecule has 0 fully saturated rings. The summed E-state index contributed by atoms with van der Waals surface area (Å²) in [5.74, 6) is -6.77. The zero-order valence-electron chi connectivity index (χ0n) is 29.0. The van der Waals surface area contributed by atoms with Gasteiger partial charge in [-0.3, -0.25) is 0 Å². The normalized spacial score (nSPS) is 8.57. The van der Waals surface area contributed by atoms with Gasteiger partial charge in [-0.15, -0.1) is 0 Å². The van der Waals surface area contributed by atoms with E-state index < -0.39 is 35.8 Å². The quantitative estimate of drug-likeness (QED) is 0.219. The summed E-state index contributed by atoms with van der Waals surface area (Å²) in [4.78, 5) is 60.5. The van der Waals surface area contributed by atoms with Crippen molar-refractivity contribution >= 4 is 35.8 Å². The summed E-state index contributed by atoms with van der Waals surface area (Å²) in [5.41, 5.74) is 1.32. The molecule has 6 aromatic rings. The van der Waals surface area contributed by atoms with Crippen LogP contribution in [0.25, 0.3) is 0 Å². The number of carboxylic acid groups (broad SMARTS) is 6. The SMILES string of the molecule is O=C([O-])c1ccccc1.O=C([O-])c1ccccc1.O=C([O-])c1ccccc1.O=C([O-])c1ccccc1.O=C([O-])c1ccccc1.O=C([O-])c1ccccc1.[Nd+3].[Yb+3].